The number of carbonyl (C=O) groups excluding carboxylic acids is 1. The molecule has 2 rings (SSSR count). The van der Waals surface area contributed by atoms with Crippen molar-refractivity contribution in [3.05, 3.63) is 36.2 Å². The molecule has 1 fully saturated rings. The van der Waals surface area contributed by atoms with Crippen molar-refractivity contribution in [2.24, 2.45) is 11.8 Å². The number of carboxylic acid groups (broad SMARTS) is 1. The monoisotopic (exact) mass is 274 g/mol. The van der Waals surface area contributed by atoms with E-state index in [1.165, 1.54) is 6.08 Å². The minimum atomic E-state index is -0.757. The number of hydrogen-bond donors (Lipinski definition) is 2. The highest BCUT2D eigenvalue weighted by atomic mass is 16.4. The molecule has 20 heavy (non-hydrogen) atoms. The smallest absolute Gasteiger partial charge is 0.306 e. The summed E-state index contributed by atoms with van der Waals surface area (Å²) in [6.45, 7) is 0.424. The van der Waals surface area contributed by atoms with Gasteiger partial charge in [-0.3, -0.25) is 14.6 Å². The predicted molar refractivity (Wildman–Crippen MR) is 74.7 cm³/mol. The van der Waals surface area contributed by atoms with Gasteiger partial charge in [0, 0.05) is 25.0 Å². The van der Waals surface area contributed by atoms with E-state index in [1.54, 1.807) is 24.5 Å². The van der Waals surface area contributed by atoms with E-state index in [0.29, 0.717) is 13.0 Å². The first-order valence-corrected chi connectivity index (χ1v) is 6.75. The third-order valence-corrected chi connectivity index (χ3v) is 3.63. The number of pyridine rings is 1. The van der Waals surface area contributed by atoms with Gasteiger partial charge < -0.3 is 10.4 Å². The number of carbonyl (C=O) groups is 2. The molecule has 0 aromatic carbocycles. The molecule has 5 heteroatoms. The molecule has 106 valence electrons. The minimum absolute atomic E-state index is 0.0447. The van der Waals surface area contributed by atoms with Gasteiger partial charge in [-0.25, -0.2) is 0 Å². The maximum Gasteiger partial charge on any atom is 0.306 e. The van der Waals surface area contributed by atoms with E-state index in [0.717, 1.165) is 18.4 Å². The van der Waals surface area contributed by atoms with Crippen LogP contribution in [0, 0.1) is 11.8 Å². The van der Waals surface area contributed by atoms with Crippen molar-refractivity contribution in [2.75, 3.05) is 6.54 Å². The van der Waals surface area contributed by atoms with Crippen LogP contribution in [0.25, 0.3) is 6.08 Å². The second kappa shape index (κ2) is 6.84. The number of hydrogen-bond acceptors (Lipinski definition) is 3. The normalized spacial score (nSPS) is 22.0. The summed E-state index contributed by atoms with van der Waals surface area (Å²) in [6.07, 6.45) is 8.96. The fraction of sp³-hybridized carbons (Fsp3) is 0.400. The maximum absolute atomic E-state index is 11.7. The fourth-order valence-electron chi connectivity index (χ4n) is 2.54. The van der Waals surface area contributed by atoms with E-state index in [9.17, 15) is 9.59 Å². The molecular weight excluding hydrogens is 256 g/mol. The molecular formula is C15H18N2O3. The molecule has 0 aliphatic heterocycles. The van der Waals surface area contributed by atoms with Crippen molar-refractivity contribution in [1.29, 1.82) is 0 Å². The molecule has 2 atom stereocenters. The van der Waals surface area contributed by atoms with Gasteiger partial charge in [0.1, 0.15) is 0 Å². The summed E-state index contributed by atoms with van der Waals surface area (Å²) in [5.41, 5.74) is 0.854. The van der Waals surface area contributed by atoms with Gasteiger partial charge in [0.2, 0.25) is 5.91 Å². The van der Waals surface area contributed by atoms with E-state index in [-0.39, 0.29) is 17.7 Å². The molecule has 0 saturated heterocycles. The molecule has 0 bridgehead atoms. The summed E-state index contributed by atoms with van der Waals surface area (Å²) in [6, 6.07) is 3.65. The highest BCUT2D eigenvalue weighted by Gasteiger charge is 2.32. The third-order valence-electron chi connectivity index (χ3n) is 3.63. The van der Waals surface area contributed by atoms with Gasteiger partial charge in [-0.05, 0) is 36.5 Å². The lowest BCUT2D eigenvalue weighted by atomic mass is 9.96. The Morgan fingerprint density at radius 2 is 2.30 bits per heavy atom. The van der Waals surface area contributed by atoms with Crippen LogP contribution in [-0.4, -0.2) is 28.5 Å². The van der Waals surface area contributed by atoms with Gasteiger partial charge in [0.15, 0.2) is 0 Å². The standard InChI is InChI=1S/C15H18N2O3/c18-14(7-6-11-3-2-8-16-9-11)17-10-12-4-1-5-13(12)15(19)20/h2-3,6-9,12-13H,1,4-5,10H2,(H,17,18)(H,19,20). The van der Waals surface area contributed by atoms with Crippen molar-refractivity contribution in [1.82, 2.24) is 10.3 Å². The second-order valence-corrected chi connectivity index (χ2v) is 5.00. The van der Waals surface area contributed by atoms with Crippen molar-refractivity contribution in [3.8, 4) is 0 Å². The summed E-state index contributed by atoms with van der Waals surface area (Å²) in [4.78, 5) is 26.7. The van der Waals surface area contributed by atoms with E-state index in [2.05, 4.69) is 10.3 Å². The van der Waals surface area contributed by atoms with Gasteiger partial charge in [-0.15, -0.1) is 0 Å². The van der Waals surface area contributed by atoms with Crippen LogP contribution in [0.15, 0.2) is 30.6 Å². The van der Waals surface area contributed by atoms with E-state index in [1.807, 2.05) is 6.07 Å². The van der Waals surface area contributed by atoms with Gasteiger partial charge >= 0.3 is 5.97 Å². The molecule has 1 aliphatic carbocycles. The average molecular weight is 274 g/mol. The van der Waals surface area contributed by atoms with Gasteiger partial charge in [-0.2, -0.15) is 0 Å². The Morgan fingerprint density at radius 1 is 1.45 bits per heavy atom. The van der Waals surface area contributed by atoms with Crippen LogP contribution < -0.4 is 5.32 Å². The Bertz CT molecular complexity index is 499. The van der Waals surface area contributed by atoms with Crippen molar-refractivity contribution in [2.45, 2.75) is 19.3 Å². The molecule has 2 N–H and O–H groups in total. The summed E-state index contributed by atoms with van der Waals surface area (Å²) >= 11 is 0. The Balaban J connectivity index is 1.81. The molecule has 1 aliphatic rings. The second-order valence-electron chi connectivity index (χ2n) is 5.00. The van der Waals surface area contributed by atoms with Crippen molar-refractivity contribution < 1.29 is 14.7 Å². The molecule has 1 aromatic rings. The van der Waals surface area contributed by atoms with E-state index >= 15 is 0 Å². The molecule has 5 nitrogen and oxygen atoms in total. The number of rotatable bonds is 5. The number of aliphatic carboxylic acids is 1. The first-order valence-electron chi connectivity index (χ1n) is 6.75. The molecule has 1 amide bonds. The quantitative estimate of drug-likeness (QED) is 0.801. The third kappa shape index (κ3) is 3.91. The number of nitrogens with one attached hydrogen (secondary N) is 1. The Kier molecular flexibility index (Phi) is 4.87. The zero-order valence-corrected chi connectivity index (χ0v) is 11.2. The minimum Gasteiger partial charge on any atom is -0.481 e. The average Bonchev–Trinajstić information content (AvgIpc) is 2.92. The summed E-state index contributed by atoms with van der Waals surface area (Å²) in [7, 11) is 0. The molecule has 1 heterocycles. The van der Waals surface area contributed by atoms with Gasteiger partial charge in [0.05, 0.1) is 5.92 Å². The lowest BCUT2D eigenvalue weighted by Gasteiger charge is -2.15. The SMILES string of the molecule is O=C(C=Cc1cccnc1)NCC1CCCC1C(=O)O. The zero-order valence-electron chi connectivity index (χ0n) is 11.2. The summed E-state index contributed by atoms with van der Waals surface area (Å²) in [5, 5.41) is 11.8. The molecule has 2 unspecified atom stereocenters. The number of aromatic nitrogens is 1. The first-order chi connectivity index (χ1) is 9.66. The number of nitrogens with zero attached hydrogens (tertiary/aromatic N) is 1. The Labute approximate surface area is 117 Å². The van der Waals surface area contributed by atoms with Crippen molar-refractivity contribution >= 4 is 18.0 Å². The largest absolute Gasteiger partial charge is 0.481 e. The van der Waals surface area contributed by atoms with Gasteiger partial charge in [-0.1, -0.05) is 12.5 Å². The van der Waals surface area contributed by atoms with Crippen LogP contribution in [0.2, 0.25) is 0 Å². The van der Waals surface area contributed by atoms with Crippen LogP contribution in [0.5, 0.6) is 0 Å². The van der Waals surface area contributed by atoms with Crippen molar-refractivity contribution in [3.63, 3.8) is 0 Å². The lowest BCUT2D eigenvalue weighted by molar-refractivity contribution is -0.143. The van der Waals surface area contributed by atoms with E-state index in [4.69, 9.17) is 5.11 Å². The fourth-order valence-corrected chi connectivity index (χ4v) is 2.54. The molecule has 1 saturated carbocycles. The summed E-state index contributed by atoms with van der Waals surface area (Å²) < 4.78 is 0. The topological polar surface area (TPSA) is 79.3 Å². The Hall–Kier alpha value is -2.17. The highest BCUT2D eigenvalue weighted by Crippen LogP contribution is 2.31. The van der Waals surface area contributed by atoms with Crippen LogP contribution in [0.3, 0.4) is 0 Å². The van der Waals surface area contributed by atoms with Crippen LogP contribution in [0.4, 0.5) is 0 Å². The van der Waals surface area contributed by atoms with Gasteiger partial charge in [0.25, 0.3) is 0 Å². The van der Waals surface area contributed by atoms with Crippen LogP contribution in [0.1, 0.15) is 24.8 Å². The van der Waals surface area contributed by atoms with E-state index < -0.39 is 5.97 Å². The number of amides is 1. The summed E-state index contributed by atoms with van der Waals surface area (Å²) in [5.74, 6) is -1.24. The molecule has 1 aromatic heterocycles. The predicted octanol–water partition coefficient (Wildman–Crippen LogP) is 1.71. The molecule has 0 spiro atoms. The van der Waals surface area contributed by atoms with Crippen LogP contribution >= 0.6 is 0 Å². The zero-order chi connectivity index (χ0) is 14.4. The highest BCUT2D eigenvalue weighted by molar-refractivity contribution is 5.91. The lowest BCUT2D eigenvalue weighted by Crippen LogP contribution is -2.32. The maximum atomic E-state index is 11.7. The molecule has 0 radical (unpaired) electrons. The first kappa shape index (κ1) is 14.2. The van der Waals surface area contributed by atoms with Crippen LogP contribution in [-0.2, 0) is 9.59 Å². The Morgan fingerprint density at radius 3 is 3.00 bits per heavy atom. The number of carboxylic acids is 1.